The Bertz CT molecular complexity index is 1080. The Morgan fingerprint density at radius 3 is 2.39 bits per heavy atom. The summed E-state index contributed by atoms with van der Waals surface area (Å²) in [6.45, 7) is 4.21. The molecule has 1 fully saturated rings. The Kier molecular flexibility index (Phi) is 7.32. The minimum Gasteiger partial charge on any atom is -0.495 e. The lowest BCUT2D eigenvalue weighted by Gasteiger charge is -2.37. The summed E-state index contributed by atoms with van der Waals surface area (Å²) in [5, 5.41) is 15.8. The lowest BCUT2D eigenvalue weighted by atomic mass is 10.1. The van der Waals surface area contributed by atoms with Gasteiger partial charge in [-0.1, -0.05) is 28.4 Å². The molecule has 0 saturated carbocycles. The van der Waals surface area contributed by atoms with E-state index in [1.165, 1.54) is 14.0 Å². The number of carbonyl (C=O) groups excluding carboxylic acids is 1. The quantitative estimate of drug-likeness (QED) is 0.374. The lowest BCUT2D eigenvalue weighted by Crippen LogP contribution is -2.50. The summed E-state index contributed by atoms with van der Waals surface area (Å²) in [5.41, 5.74) is 0.573. The van der Waals surface area contributed by atoms with Crippen LogP contribution in [0.1, 0.15) is 23.9 Å². The molecule has 1 aliphatic rings. The van der Waals surface area contributed by atoms with E-state index in [2.05, 4.69) is 10.3 Å². The third-order valence-electron chi connectivity index (χ3n) is 5.47. The normalized spacial score (nSPS) is 15.2. The fraction of sp³-hybridized carbons (Fsp3) is 0.450. The van der Waals surface area contributed by atoms with Gasteiger partial charge in [-0.3, -0.25) is 9.48 Å². The maximum absolute atomic E-state index is 13.0. The van der Waals surface area contributed by atoms with Crippen LogP contribution >= 0.6 is 23.2 Å². The molecule has 0 unspecified atom stereocenters. The van der Waals surface area contributed by atoms with Crippen LogP contribution in [0.15, 0.2) is 17.3 Å². The van der Waals surface area contributed by atoms with Gasteiger partial charge in [0.25, 0.3) is 0 Å². The van der Waals surface area contributed by atoms with Crippen molar-refractivity contribution in [2.75, 3.05) is 38.2 Å². The largest absolute Gasteiger partial charge is 0.495 e. The number of ether oxygens (including phenoxy) is 1. The molecule has 1 aromatic heterocycles. The molecule has 33 heavy (non-hydrogen) atoms. The molecule has 0 radical (unpaired) electrons. The summed E-state index contributed by atoms with van der Waals surface area (Å²) in [6.07, 6.45) is -4.70. The second-order valence-corrected chi connectivity index (χ2v) is 8.25. The second kappa shape index (κ2) is 9.68. The highest BCUT2D eigenvalue weighted by molar-refractivity contribution is 6.33. The molecule has 13 heteroatoms. The predicted molar refractivity (Wildman–Crippen MR) is 118 cm³/mol. The first-order valence-electron chi connectivity index (χ1n) is 9.87. The van der Waals surface area contributed by atoms with Crippen LogP contribution in [0.3, 0.4) is 0 Å². The molecule has 1 saturated heterocycles. The SMILES string of the molecule is COc1cc(N2CCN(C(=O)Cn3nc(C(F)(F)F)c(Cl)c3C)CC2)c(/C(C)=N\O)cc1Cl. The predicted octanol–water partition coefficient (Wildman–Crippen LogP) is 4.07. The first-order chi connectivity index (χ1) is 15.5. The molecular formula is C20H22Cl2F3N5O3. The van der Waals surface area contributed by atoms with Crippen LogP contribution in [0.25, 0.3) is 0 Å². The van der Waals surface area contributed by atoms with Gasteiger partial charge in [-0.25, -0.2) is 0 Å². The molecule has 8 nitrogen and oxygen atoms in total. The fourth-order valence-corrected chi connectivity index (χ4v) is 4.07. The van der Waals surface area contributed by atoms with Crippen molar-refractivity contribution in [1.82, 2.24) is 14.7 Å². The number of methoxy groups -OCH3 is 1. The van der Waals surface area contributed by atoms with Gasteiger partial charge >= 0.3 is 6.18 Å². The topological polar surface area (TPSA) is 83.2 Å². The van der Waals surface area contributed by atoms with E-state index >= 15 is 0 Å². The van der Waals surface area contributed by atoms with E-state index in [1.54, 1.807) is 24.0 Å². The number of halogens is 5. The minimum atomic E-state index is -4.70. The summed E-state index contributed by atoms with van der Waals surface area (Å²) in [4.78, 5) is 16.3. The third-order valence-corrected chi connectivity index (χ3v) is 6.22. The van der Waals surface area contributed by atoms with Crippen LogP contribution < -0.4 is 9.64 Å². The average Bonchev–Trinajstić information content (AvgIpc) is 3.07. The fourth-order valence-electron chi connectivity index (χ4n) is 3.59. The summed E-state index contributed by atoms with van der Waals surface area (Å²) in [5.74, 6) is 0.0822. The van der Waals surface area contributed by atoms with Crippen LogP contribution in [-0.2, 0) is 17.5 Å². The Hall–Kier alpha value is -2.66. The van der Waals surface area contributed by atoms with Crippen molar-refractivity contribution in [3.8, 4) is 5.75 Å². The highest BCUT2D eigenvalue weighted by atomic mass is 35.5. The van der Waals surface area contributed by atoms with Crippen LogP contribution in [0.4, 0.5) is 18.9 Å². The van der Waals surface area contributed by atoms with Gasteiger partial charge in [0.1, 0.15) is 12.3 Å². The number of anilines is 1. The van der Waals surface area contributed by atoms with Crippen molar-refractivity contribution in [2.45, 2.75) is 26.6 Å². The molecule has 3 rings (SSSR count). The van der Waals surface area contributed by atoms with Crippen LogP contribution in [0.5, 0.6) is 5.75 Å². The Morgan fingerprint density at radius 2 is 1.88 bits per heavy atom. The zero-order chi connectivity index (χ0) is 24.5. The number of hydrogen-bond donors (Lipinski definition) is 1. The second-order valence-electron chi connectivity index (χ2n) is 7.46. The number of amides is 1. The summed E-state index contributed by atoms with van der Waals surface area (Å²) in [6, 6.07) is 3.38. The molecule has 180 valence electrons. The van der Waals surface area contributed by atoms with E-state index in [-0.39, 0.29) is 18.1 Å². The van der Waals surface area contributed by atoms with Crippen molar-refractivity contribution in [3.05, 3.63) is 39.1 Å². The van der Waals surface area contributed by atoms with Crippen molar-refractivity contribution in [2.24, 2.45) is 5.16 Å². The average molecular weight is 508 g/mol. The van der Waals surface area contributed by atoms with E-state index in [0.29, 0.717) is 48.2 Å². The summed E-state index contributed by atoms with van der Waals surface area (Å²) >= 11 is 12.0. The van der Waals surface area contributed by atoms with Crippen LogP contribution in [-0.4, -0.2) is 64.8 Å². The van der Waals surface area contributed by atoms with Crippen LogP contribution in [0.2, 0.25) is 10.0 Å². The van der Waals surface area contributed by atoms with Crippen molar-refractivity contribution >= 4 is 40.5 Å². The molecular weight excluding hydrogens is 486 g/mol. The summed E-state index contributed by atoms with van der Waals surface area (Å²) in [7, 11) is 1.49. The zero-order valence-corrected chi connectivity index (χ0v) is 19.6. The van der Waals surface area contributed by atoms with Gasteiger partial charge in [-0.15, -0.1) is 0 Å². The molecule has 1 N–H and O–H groups in total. The molecule has 1 amide bonds. The Balaban J connectivity index is 1.74. The van der Waals surface area contributed by atoms with Gasteiger partial charge in [0.05, 0.1) is 28.6 Å². The number of carbonyl (C=O) groups is 1. The Labute approximate surface area is 198 Å². The molecule has 2 aromatic rings. The number of benzene rings is 1. The molecule has 1 aliphatic heterocycles. The number of nitrogens with zero attached hydrogens (tertiary/aromatic N) is 5. The summed E-state index contributed by atoms with van der Waals surface area (Å²) < 4.78 is 45.4. The minimum absolute atomic E-state index is 0.0765. The molecule has 0 bridgehead atoms. The highest BCUT2D eigenvalue weighted by Crippen LogP contribution is 2.36. The molecule has 2 heterocycles. The van der Waals surface area contributed by atoms with Crippen LogP contribution in [0, 0.1) is 6.92 Å². The third kappa shape index (κ3) is 5.14. The smallest absolute Gasteiger partial charge is 0.436 e. The maximum atomic E-state index is 13.0. The van der Waals surface area contributed by atoms with Gasteiger partial charge in [0.15, 0.2) is 5.69 Å². The standard InChI is InChI=1S/C20H22Cl2F3N5O3/c1-11(27-32)13-8-14(21)16(33-3)9-15(13)28-4-6-29(7-5-28)17(31)10-30-12(2)18(22)19(26-30)20(23,24)25/h8-9,32H,4-7,10H2,1-3H3/b27-11-. The van der Waals surface area contributed by atoms with E-state index in [4.69, 9.17) is 27.9 Å². The van der Waals surface area contributed by atoms with E-state index in [1.807, 2.05) is 4.90 Å². The Morgan fingerprint density at radius 1 is 1.24 bits per heavy atom. The van der Waals surface area contributed by atoms with Gasteiger partial charge in [-0.05, 0) is 19.9 Å². The van der Waals surface area contributed by atoms with Gasteiger partial charge < -0.3 is 19.7 Å². The number of hydrogen-bond acceptors (Lipinski definition) is 6. The molecule has 0 spiro atoms. The van der Waals surface area contributed by atoms with E-state index in [0.717, 1.165) is 10.4 Å². The van der Waals surface area contributed by atoms with E-state index < -0.39 is 16.9 Å². The number of rotatable bonds is 5. The first-order valence-corrected chi connectivity index (χ1v) is 10.6. The number of aromatic nitrogens is 2. The van der Waals surface area contributed by atoms with Gasteiger partial charge in [-0.2, -0.15) is 18.3 Å². The number of alkyl halides is 3. The number of piperazine rings is 1. The van der Waals surface area contributed by atoms with Crippen molar-refractivity contribution < 1.29 is 27.9 Å². The molecule has 0 aliphatic carbocycles. The zero-order valence-electron chi connectivity index (χ0n) is 18.1. The van der Waals surface area contributed by atoms with Gasteiger partial charge in [0.2, 0.25) is 5.91 Å². The molecule has 1 aromatic carbocycles. The maximum Gasteiger partial charge on any atom is 0.436 e. The van der Waals surface area contributed by atoms with E-state index in [9.17, 15) is 23.2 Å². The lowest BCUT2D eigenvalue weighted by molar-refractivity contribution is -0.142. The molecule has 0 atom stereocenters. The van der Waals surface area contributed by atoms with Crippen molar-refractivity contribution in [1.29, 1.82) is 0 Å². The van der Waals surface area contributed by atoms with Gasteiger partial charge in [0, 0.05) is 43.5 Å². The number of oxime groups is 1. The van der Waals surface area contributed by atoms with Crippen molar-refractivity contribution in [3.63, 3.8) is 0 Å². The first kappa shape index (κ1) is 25.0. The monoisotopic (exact) mass is 507 g/mol. The highest BCUT2D eigenvalue weighted by Gasteiger charge is 2.38.